The van der Waals surface area contributed by atoms with E-state index >= 15 is 0 Å². The lowest BCUT2D eigenvalue weighted by Gasteiger charge is -2.11. The summed E-state index contributed by atoms with van der Waals surface area (Å²) < 4.78 is 26.1. The molecule has 0 heterocycles. The number of rotatable bonds is 2. The van der Waals surface area contributed by atoms with Crippen molar-refractivity contribution < 1.29 is 13.6 Å². The van der Waals surface area contributed by atoms with Crippen molar-refractivity contribution in [2.45, 2.75) is 0 Å². The third-order valence-corrected chi connectivity index (χ3v) is 2.71. The Morgan fingerprint density at radius 2 is 1.62 bits per heavy atom. The van der Waals surface area contributed by atoms with Crippen LogP contribution in [0.5, 0.6) is 0 Å². The molecule has 1 amide bonds. The first kappa shape index (κ1) is 14.9. The van der Waals surface area contributed by atoms with Gasteiger partial charge in [0.2, 0.25) is 0 Å². The topological polar surface area (TPSA) is 53.2 Å². The molecule has 0 bridgehead atoms. The van der Waals surface area contributed by atoms with Crippen molar-refractivity contribution in [3.05, 3.63) is 65.7 Å². The molecule has 3 N–H and O–H groups in total. The minimum Gasteiger partial charge on any atom is -0.331 e. The highest BCUT2D eigenvalue weighted by Gasteiger charge is 2.10. The highest BCUT2D eigenvalue weighted by molar-refractivity contribution is 7.80. The van der Waals surface area contributed by atoms with Crippen LogP contribution in [0, 0.1) is 11.6 Å². The number of halogens is 2. The Bertz CT molecular complexity index is 662. The van der Waals surface area contributed by atoms with Crippen LogP contribution in [0.1, 0.15) is 10.4 Å². The number of carbonyl (C=O) groups excluding carboxylic acids is 1. The van der Waals surface area contributed by atoms with Gasteiger partial charge < -0.3 is 5.32 Å². The second kappa shape index (κ2) is 6.76. The number of benzene rings is 2. The predicted octanol–water partition coefficient (Wildman–Crippen LogP) is 2.60. The van der Waals surface area contributed by atoms with E-state index < -0.39 is 11.7 Å². The highest BCUT2D eigenvalue weighted by Crippen LogP contribution is 2.08. The summed E-state index contributed by atoms with van der Waals surface area (Å²) in [6.45, 7) is 0. The minimum absolute atomic E-state index is 0.0892. The summed E-state index contributed by atoms with van der Waals surface area (Å²) in [4.78, 5) is 11.7. The summed E-state index contributed by atoms with van der Waals surface area (Å²) in [7, 11) is 0. The lowest BCUT2D eigenvalue weighted by molar-refractivity contribution is 0.0940. The van der Waals surface area contributed by atoms with Crippen molar-refractivity contribution >= 4 is 28.9 Å². The molecule has 0 aromatic heterocycles. The molecule has 2 aromatic carbocycles. The van der Waals surface area contributed by atoms with Crippen LogP contribution in [0.15, 0.2) is 48.5 Å². The molecular weight excluding hydrogens is 296 g/mol. The summed E-state index contributed by atoms with van der Waals surface area (Å²) in [6.07, 6.45) is 0. The van der Waals surface area contributed by atoms with Gasteiger partial charge in [0, 0.05) is 5.69 Å². The minimum atomic E-state index is -0.656. The molecule has 0 aliphatic heterocycles. The quantitative estimate of drug-likeness (QED) is 0.590. The molecular formula is C14H11F2N3OS. The van der Waals surface area contributed by atoms with E-state index in [2.05, 4.69) is 16.2 Å². The molecule has 0 radical (unpaired) electrons. The Labute approximate surface area is 125 Å². The van der Waals surface area contributed by atoms with Crippen LogP contribution in [-0.2, 0) is 0 Å². The summed E-state index contributed by atoms with van der Waals surface area (Å²) in [5.74, 6) is -1.65. The number of carbonyl (C=O) groups is 1. The first-order valence-electron chi connectivity index (χ1n) is 5.93. The van der Waals surface area contributed by atoms with Gasteiger partial charge in [-0.15, -0.1) is 0 Å². The number of hydrogen-bond acceptors (Lipinski definition) is 2. The zero-order chi connectivity index (χ0) is 15.2. The average molecular weight is 307 g/mol. The van der Waals surface area contributed by atoms with Gasteiger partial charge in [-0.1, -0.05) is 12.1 Å². The van der Waals surface area contributed by atoms with E-state index in [1.165, 1.54) is 42.5 Å². The van der Waals surface area contributed by atoms with Crippen LogP contribution in [0.4, 0.5) is 14.5 Å². The van der Waals surface area contributed by atoms with E-state index in [0.29, 0.717) is 5.69 Å². The average Bonchev–Trinajstić information content (AvgIpc) is 2.48. The summed E-state index contributed by atoms with van der Waals surface area (Å²) in [5.41, 5.74) is 5.14. The molecule has 4 nitrogen and oxygen atoms in total. The summed E-state index contributed by atoms with van der Waals surface area (Å²) in [5, 5.41) is 2.82. The summed E-state index contributed by atoms with van der Waals surface area (Å²) in [6, 6.07) is 11.1. The third-order valence-electron chi connectivity index (χ3n) is 2.51. The number of nitrogens with one attached hydrogen (secondary N) is 3. The van der Waals surface area contributed by atoms with E-state index in [4.69, 9.17) is 12.2 Å². The van der Waals surface area contributed by atoms with Gasteiger partial charge >= 0.3 is 0 Å². The van der Waals surface area contributed by atoms with Crippen molar-refractivity contribution in [3.8, 4) is 0 Å². The fourth-order valence-corrected chi connectivity index (χ4v) is 1.69. The van der Waals surface area contributed by atoms with Gasteiger partial charge in [-0.2, -0.15) is 0 Å². The van der Waals surface area contributed by atoms with Crippen molar-refractivity contribution in [2.24, 2.45) is 0 Å². The lowest BCUT2D eigenvalue weighted by Crippen LogP contribution is -2.44. The molecule has 0 atom stereocenters. The lowest BCUT2D eigenvalue weighted by atomic mass is 10.2. The van der Waals surface area contributed by atoms with Gasteiger partial charge in [-0.3, -0.25) is 15.6 Å². The molecule has 0 aliphatic rings. The molecule has 0 fully saturated rings. The summed E-state index contributed by atoms with van der Waals surface area (Å²) >= 11 is 4.95. The Morgan fingerprint density at radius 3 is 2.29 bits per heavy atom. The standard InChI is InChI=1S/C14H11F2N3OS/c15-9-5-7-10(8-6-9)17-14(21)19-18-13(20)11-3-1-2-4-12(11)16/h1-8H,(H,18,20)(H2,17,19,21). The van der Waals surface area contributed by atoms with Gasteiger partial charge in [-0.25, -0.2) is 8.78 Å². The zero-order valence-corrected chi connectivity index (χ0v) is 11.5. The Kier molecular flexibility index (Phi) is 4.78. The SMILES string of the molecule is O=C(NNC(=S)Nc1ccc(F)cc1)c1ccccc1F. The smallest absolute Gasteiger partial charge is 0.272 e. The molecule has 0 saturated carbocycles. The number of hydrogen-bond donors (Lipinski definition) is 3. The van der Waals surface area contributed by atoms with Gasteiger partial charge in [-0.05, 0) is 48.6 Å². The molecule has 7 heteroatoms. The van der Waals surface area contributed by atoms with Gasteiger partial charge in [0.25, 0.3) is 5.91 Å². The van der Waals surface area contributed by atoms with Crippen LogP contribution >= 0.6 is 12.2 Å². The number of hydrazine groups is 1. The second-order valence-electron chi connectivity index (χ2n) is 4.02. The fourth-order valence-electron chi connectivity index (χ4n) is 1.52. The Hall–Kier alpha value is -2.54. The zero-order valence-electron chi connectivity index (χ0n) is 10.7. The van der Waals surface area contributed by atoms with E-state index in [-0.39, 0.29) is 16.5 Å². The van der Waals surface area contributed by atoms with E-state index in [9.17, 15) is 13.6 Å². The van der Waals surface area contributed by atoms with Crippen molar-refractivity contribution in [2.75, 3.05) is 5.32 Å². The van der Waals surface area contributed by atoms with Crippen LogP contribution in [-0.4, -0.2) is 11.0 Å². The van der Waals surface area contributed by atoms with Gasteiger partial charge in [0.05, 0.1) is 5.56 Å². The molecule has 0 unspecified atom stereocenters. The molecule has 0 spiro atoms. The second-order valence-corrected chi connectivity index (χ2v) is 4.43. The van der Waals surface area contributed by atoms with Crippen LogP contribution in [0.25, 0.3) is 0 Å². The fraction of sp³-hybridized carbons (Fsp3) is 0. The maximum absolute atomic E-state index is 13.4. The van der Waals surface area contributed by atoms with E-state index in [0.717, 1.165) is 0 Å². The van der Waals surface area contributed by atoms with Gasteiger partial charge in [0.1, 0.15) is 11.6 Å². The van der Waals surface area contributed by atoms with Gasteiger partial charge in [0.15, 0.2) is 5.11 Å². The molecule has 2 aromatic rings. The molecule has 108 valence electrons. The van der Waals surface area contributed by atoms with E-state index in [1.54, 1.807) is 6.07 Å². The van der Waals surface area contributed by atoms with Crippen molar-refractivity contribution in [3.63, 3.8) is 0 Å². The van der Waals surface area contributed by atoms with E-state index in [1.807, 2.05) is 0 Å². The van der Waals surface area contributed by atoms with Crippen LogP contribution in [0.3, 0.4) is 0 Å². The maximum atomic E-state index is 13.4. The van der Waals surface area contributed by atoms with Crippen LogP contribution < -0.4 is 16.2 Å². The number of anilines is 1. The van der Waals surface area contributed by atoms with Crippen molar-refractivity contribution in [1.82, 2.24) is 10.9 Å². The molecule has 21 heavy (non-hydrogen) atoms. The maximum Gasteiger partial charge on any atom is 0.272 e. The largest absolute Gasteiger partial charge is 0.331 e. The van der Waals surface area contributed by atoms with Crippen molar-refractivity contribution in [1.29, 1.82) is 0 Å². The predicted molar refractivity (Wildman–Crippen MR) is 79.6 cm³/mol. The monoisotopic (exact) mass is 307 g/mol. The normalized spacial score (nSPS) is 9.81. The third kappa shape index (κ3) is 4.22. The molecule has 0 aliphatic carbocycles. The molecule has 2 rings (SSSR count). The Morgan fingerprint density at radius 1 is 0.952 bits per heavy atom. The first-order valence-corrected chi connectivity index (χ1v) is 6.34. The highest BCUT2D eigenvalue weighted by atomic mass is 32.1. The van der Waals surface area contributed by atoms with Crippen LogP contribution in [0.2, 0.25) is 0 Å². The molecule has 0 saturated heterocycles. The first-order chi connectivity index (χ1) is 10.1. The number of amides is 1. The Balaban J connectivity index is 1.88. The number of thiocarbonyl (C=S) groups is 1.